The highest BCUT2D eigenvalue weighted by molar-refractivity contribution is 5.94. The molecule has 1 fully saturated rings. The number of hydrogen-bond acceptors (Lipinski definition) is 2. The van der Waals surface area contributed by atoms with E-state index in [-0.39, 0.29) is 5.91 Å². The van der Waals surface area contributed by atoms with Gasteiger partial charge in [0.2, 0.25) is 0 Å². The molecule has 2 rings (SSSR count). The molecule has 1 aliphatic rings. The van der Waals surface area contributed by atoms with Gasteiger partial charge in [0, 0.05) is 31.9 Å². The van der Waals surface area contributed by atoms with Crippen molar-refractivity contribution in [2.75, 3.05) is 26.0 Å². The lowest BCUT2D eigenvalue weighted by molar-refractivity contribution is 0.0827. The van der Waals surface area contributed by atoms with Crippen molar-refractivity contribution in [2.45, 2.75) is 25.7 Å². The van der Waals surface area contributed by atoms with Crippen LogP contribution in [0.5, 0.6) is 0 Å². The highest BCUT2D eigenvalue weighted by atomic mass is 16.2. The van der Waals surface area contributed by atoms with E-state index in [1.807, 2.05) is 24.3 Å². The Balaban J connectivity index is 1.96. The van der Waals surface area contributed by atoms with E-state index in [2.05, 4.69) is 5.32 Å². The van der Waals surface area contributed by atoms with Crippen molar-refractivity contribution >= 4 is 11.6 Å². The summed E-state index contributed by atoms with van der Waals surface area (Å²) in [6.07, 6.45) is 5.41. The Hall–Kier alpha value is -1.51. The van der Waals surface area contributed by atoms with Crippen molar-refractivity contribution in [2.24, 2.45) is 5.92 Å². The Kier molecular flexibility index (Phi) is 4.24. The molecule has 0 unspecified atom stereocenters. The van der Waals surface area contributed by atoms with Crippen molar-refractivity contribution in [3.8, 4) is 0 Å². The molecule has 1 N–H and O–H groups in total. The monoisotopic (exact) mass is 246 g/mol. The standard InChI is InChI=1S/C15H22N2O/c1-17(2)15(18)13-8-5-9-14(10-13)16-11-12-6-3-4-7-12/h5,8-10,12,16H,3-4,6-7,11H2,1-2H3. The fraction of sp³-hybridized carbons (Fsp3) is 0.533. The fourth-order valence-corrected chi connectivity index (χ4v) is 2.50. The molecule has 1 saturated carbocycles. The molecule has 0 heterocycles. The van der Waals surface area contributed by atoms with Gasteiger partial charge in [-0.05, 0) is 37.0 Å². The Morgan fingerprint density at radius 2 is 2.06 bits per heavy atom. The highest BCUT2D eigenvalue weighted by Gasteiger charge is 2.14. The molecule has 0 saturated heterocycles. The van der Waals surface area contributed by atoms with Crippen molar-refractivity contribution in [1.29, 1.82) is 0 Å². The lowest BCUT2D eigenvalue weighted by Gasteiger charge is -2.14. The zero-order chi connectivity index (χ0) is 13.0. The van der Waals surface area contributed by atoms with Crippen LogP contribution in [0.15, 0.2) is 24.3 Å². The predicted molar refractivity (Wildman–Crippen MR) is 74.9 cm³/mol. The summed E-state index contributed by atoms with van der Waals surface area (Å²) in [7, 11) is 3.56. The van der Waals surface area contributed by atoms with E-state index in [1.165, 1.54) is 25.7 Å². The second kappa shape index (κ2) is 5.89. The van der Waals surface area contributed by atoms with Gasteiger partial charge < -0.3 is 10.2 Å². The number of rotatable bonds is 4. The van der Waals surface area contributed by atoms with Crippen molar-refractivity contribution < 1.29 is 4.79 Å². The van der Waals surface area contributed by atoms with Gasteiger partial charge in [-0.15, -0.1) is 0 Å². The average Bonchev–Trinajstić information content (AvgIpc) is 2.89. The zero-order valence-electron chi connectivity index (χ0n) is 11.3. The van der Waals surface area contributed by atoms with Crippen molar-refractivity contribution in [3.05, 3.63) is 29.8 Å². The first-order chi connectivity index (χ1) is 8.66. The Morgan fingerprint density at radius 1 is 1.33 bits per heavy atom. The molecule has 18 heavy (non-hydrogen) atoms. The molecule has 1 aromatic carbocycles. The molecule has 98 valence electrons. The predicted octanol–water partition coefficient (Wildman–Crippen LogP) is 2.99. The van der Waals surface area contributed by atoms with Crippen molar-refractivity contribution in [1.82, 2.24) is 4.90 Å². The van der Waals surface area contributed by atoms with Crippen LogP contribution in [0.4, 0.5) is 5.69 Å². The van der Waals surface area contributed by atoms with Crippen LogP contribution in [0.1, 0.15) is 36.0 Å². The maximum atomic E-state index is 11.9. The SMILES string of the molecule is CN(C)C(=O)c1cccc(NCC2CCCC2)c1. The summed E-state index contributed by atoms with van der Waals surface area (Å²) in [5.41, 5.74) is 1.80. The van der Waals surface area contributed by atoms with Crippen LogP contribution in [-0.2, 0) is 0 Å². The number of amides is 1. The van der Waals surface area contributed by atoms with Crippen LogP contribution in [-0.4, -0.2) is 31.4 Å². The number of benzene rings is 1. The summed E-state index contributed by atoms with van der Waals surface area (Å²) < 4.78 is 0. The number of anilines is 1. The van der Waals surface area contributed by atoms with E-state index >= 15 is 0 Å². The van der Waals surface area contributed by atoms with Gasteiger partial charge in [-0.2, -0.15) is 0 Å². The summed E-state index contributed by atoms with van der Waals surface area (Å²) in [5.74, 6) is 0.859. The van der Waals surface area contributed by atoms with E-state index < -0.39 is 0 Å². The van der Waals surface area contributed by atoms with Crippen molar-refractivity contribution in [3.63, 3.8) is 0 Å². The minimum absolute atomic E-state index is 0.0551. The molecule has 0 spiro atoms. The number of carbonyl (C=O) groups is 1. The molecule has 3 nitrogen and oxygen atoms in total. The van der Waals surface area contributed by atoms with Crippen LogP contribution >= 0.6 is 0 Å². The normalized spacial score (nSPS) is 15.7. The first-order valence-corrected chi connectivity index (χ1v) is 6.72. The molecule has 0 bridgehead atoms. The molecule has 1 aliphatic carbocycles. The van der Waals surface area contributed by atoms with Gasteiger partial charge in [-0.3, -0.25) is 4.79 Å². The Morgan fingerprint density at radius 3 is 2.72 bits per heavy atom. The van der Waals surface area contributed by atoms with Gasteiger partial charge in [-0.1, -0.05) is 18.9 Å². The largest absolute Gasteiger partial charge is 0.385 e. The number of nitrogens with one attached hydrogen (secondary N) is 1. The molecule has 0 atom stereocenters. The maximum absolute atomic E-state index is 11.9. The van der Waals surface area contributed by atoms with E-state index in [9.17, 15) is 4.79 Å². The van der Waals surface area contributed by atoms with Gasteiger partial charge in [0.1, 0.15) is 0 Å². The average molecular weight is 246 g/mol. The summed E-state index contributed by atoms with van der Waals surface area (Å²) >= 11 is 0. The van der Waals surface area contributed by atoms with E-state index in [0.717, 1.165) is 23.7 Å². The molecule has 3 heteroatoms. The van der Waals surface area contributed by atoms with Gasteiger partial charge in [-0.25, -0.2) is 0 Å². The lowest BCUT2D eigenvalue weighted by Crippen LogP contribution is -2.21. The zero-order valence-corrected chi connectivity index (χ0v) is 11.3. The smallest absolute Gasteiger partial charge is 0.253 e. The minimum atomic E-state index is 0.0551. The minimum Gasteiger partial charge on any atom is -0.385 e. The summed E-state index contributed by atoms with van der Waals surface area (Å²) in [5, 5.41) is 3.45. The first kappa shape index (κ1) is 12.9. The second-order valence-corrected chi connectivity index (χ2v) is 5.31. The Labute approximate surface area is 109 Å². The first-order valence-electron chi connectivity index (χ1n) is 6.72. The fourth-order valence-electron chi connectivity index (χ4n) is 2.50. The number of hydrogen-bond donors (Lipinski definition) is 1. The quantitative estimate of drug-likeness (QED) is 0.885. The van der Waals surface area contributed by atoms with Gasteiger partial charge >= 0.3 is 0 Å². The third kappa shape index (κ3) is 3.25. The summed E-state index contributed by atoms with van der Waals surface area (Å²) in [4.78, 5) is 13.5. The molecule has 0 aliphatic heterocycles. The number of carbonyl (C=O) groups excluding carboxylic acids is 1. The molecular weight excluding hydrogens is 224 g/mol. The van der Waals surface area contributed by atoms with Gasteiger partial charge in [0.05, 0.1) is 0 Å². The second-order valence-electron chi connectivity index (χ2n) is 5.31. The number of nitrogens with zero attached hydrogens (tertiary/aromatic N) is 1. The Bertz CT molecular complexity index is 409. The summed E-state index contributed by atoms with van der Waals surface area (Å²) in [6, 6.07) is 7.77. The molecule has 0 radical (unpaired) electrons. The lowest BCUT2D eigenvalue weighted by atomic mass is 10.1. The van der Waals surface area contributed by atoms with E-state index in [1.54, 1.807) is 19.0 Å². The van der Waals surface area contributed by atoms with E-state index in [4.69, 9.17) is 0 Å². The van der Waals surface area contributed by atoms with Crippen LogP contribution in [0.3, 0.4) is 0 Å². The van der Waals surface area contributed by atoms with Crippen LogP contribution in [0.25, 0.3) is 0 Å². The highest BCUT2D eigenvalue weighted by Crippen LogP contribution is 2.25. The maximum Gasteiger partial charge on any atom is 0.253 e. The topological polar surface area (TPSA) is 32.3 Å². The third-order valence-electron chi connectivity index (χ3n) is 3.59. The van der Waals surface area contributed by atoms with Crippen LogP contribution < -0.4 is 5.32 Å². The van der Waals surface area contributed by atoms with Crippen LogP contribution in [0, 0.1) is 5.92 Å². The third-order valence-corrected chi connectivity index (χ3v) is 3.59. The molecular formula is C15H22N2O. The molecule has 1 amide bonds. The van der Waals surface area contributed by atoms with E-state index in [0.29, 0.717) is 0 Å². The molecule has 1 aromatic rings. The van der Waals surface area contributed by atoms with Crippen LogP contribution in [0.2, 0.25) is 0 Å². The summed E-state index contributed by atoms with van der Waals surface area (Å²) in [6.45, 7) is 1.03. The van der Waals surface area contributed by atoms with Gasteiger partial charge in [0.15, 0.2) is 0 Å². The van der Waals surface area contributed by atoms with Gasteiger partial charge in [0.25, 0.3) is 5.91 Å². The molecule has 0 aromatic heterocycles.